The number of halogens is 1. The minimum Gasteiger partial charge on any atom is -0.383 e. The molecule has 1 fully saturated rings. The van der Waals surface area contributed by atoms with E-state index in [-0.39, 0.29) is 12.5 Å². The summed E-state index contributed by atoms with van der Waals surface area (Å²) in [6, 6.07) is 8.89. The van der Waals surface area contributed by atoms with Crippen LogP contribution in [0, 0.1) is 0 Å². The number of nitrogens with zero attached hydrogens (tertiary/aromatic N) is 3. The van der Waals surface area contributed by atoms with E-state index in [0.717, 1.165) is 0 Å². The maximum atomic E-state index is 12.1. The van der Waals surface area contributed by atoms with Gasteiger partial charge in [0.1, 0.15) is 11.4 Å². The van der Waals surface area contributed by atoms with Crippen molar-refractivity contribution in [2.75, 3.05) is 25.0 Å². The van der Waals surface area contributed by atoms with Gasteiger partial charge in [0.15, 0.2) is 0 Å². The lowest BCUT2D eigenvalue weighted by Gasteiger charge is -2.37. The van der Waals surface area contributed by atoms with E-state index in [1.165, 1.54) is 6.20 Å². The average Bonchev–Trinajstić information content (AvgIpc) is 2.60. The zero-order valence-electron chi connectivity index (χ0n) is 13.2. The Bertz CT molecular complexity index is 685. The fourth-order valence-corrected chi connectivity index (χ4v) is 2.92. The predicted molar refractivity (Wildman–Crippen MR) is 91.7 cm³/mol. The van der Waals surface area contributed by atoms with Gasteiger partial charge in [-0.15, -0.1) is 0 Å². The highest BCUT2D eigenvalue weighted by Crippen LogP contribution is 2.31. The van der Waals surface area contributed by atoms with E-state index < -0.39 is 5.60 Å². The van der Waals surface area contributed by atoms with E-state index in [1.807, 2.05) is 23.1 Å². The molecule has 3 rings (SSSR count). The van der Waals surface area contributed by atoms with Gasteiger partial charge in [-0.3, -0.25) is 14.7 Å². The summed E-state index contributed by atoms with van der Waals surface area (Å²) in [5.41, 5.74) is -0.217. The monoisotopic (exact) mass is 346 g/mol. The van der Waals surface area contributed by atoms with Gasteiger partial charge in [0.2, 0.25) is 5.91 Å². The first-order chi connectivity index (χ1) is 11.5. The smallest absolute Gasteiger partial charge is 0.239 e. The molecule has 6 nitrogen and oxygen atoms in total. The third kappa shape index (κ3) is 4.08. The van der Waals surface area contributed by atoms with E-state index in [1.54, 1.807) is 18.3 Å². The van der Waals surface area contributed by atoms with E-state index in [4.69, 9.17) is 11.6 Å². The molecule has 0 radical (unpaired) electrons. The Morgan fingerprint density at radius 1 is 1.25 bits per heavy atom. The predicted octanol–water partition coefficient (Wildman–Crippen LogP) is 2.05. The quantitative estimate of drug-likeness (QED) is 0.886. The van der Waals surface area contributed by atoms with Gasteiger partial charge in [-0.25, -0.2) is 4.98 Å². The third-order valence-electron chi connectivity index (χ3n) is 4.19. The van der Waals surface area contributed by atoms with Crippen molar-refractivity contribution < 1.29 is 9.90 Å². The van der Waals surface area contributed by atoms with Gasteiger partial charge in [0.05, 0.1) is 17.3 Å². The summed E-state index contributed by atoms with van der Waals surface area (Å²) in [5, 5.41) is 14.0. The lowest BCUT2D eigenvalue weighted by molar-refractivity contribution is -0.118. The molecule has 2 N–H and O–H groups in total. The summed E-state index contributed by atoms with van der Waals surface area (Å²) >= 11 is 5.77. The van der Waals surface area contributed by atoms with Crippen LogP contribution in [0.25, 0.3) is 0 Å². The Morgan fingerprint density at radius 3 is 2.67 bits per heavy atom. The standard InChI is InChI=1S/C17H19ClN4O2/c18-13-4-5-15(20-11-13)21-16(23)12-22-9-6-17(24,7-10-22)14-3-1-2-8-19-14/h1-5,8,11,24H,6-7,9-10,12H2,(H,20,21,23). The largest absolute Gasteiger partial charge is 0.383 e. The zero-order valence-corrected chi connectivity index (χ0v) is 13.9. The molecule has 0 spiro atoms. The second kappa shape index (κ2) is 7.25. The number of hydrogen-bond acceptors (Lipinski definition) is 5. The molecule has 1 saturated heterocycles. The highest BCUT2D eigenvalue weighted by molar-refractivity contribution is 6.30. The number of rotatable bonds is 4. The first-order valence-electron chi connectivity index (χ1n) is 7.83. The number of aromatic nitrogens is 2. The second-order valence-corrected chi connectivity index (χ2v) is 6.37. The minimum absolute atomic E-state index is 0.131. The van der Waals surface area contributed by atoms with E-state index in [2.05, 4.69) is 15.3 Å². The first kappa shape index (κ1) is 16.8. The van der Waals surface area contributed by atoms with Crippen LogP contribution >= 0.6 is 11.6 Å². The zero-order chi connectivity index (χ0) is 17.0. The van der Waals surface area contributed by atoms with Gasteiger partial charge in [-0.1, -0.05) is 17.7 Å². The van der Waals surface area contributed by atoms with Crippen LogP contribution in [0.4, 0.5) is 5.82 Å². The third-order valence-corrected chi connectivity index (χ3v) is 4.41. The van der Waals surface area contributed by atoms with Gasteiger partial charge >= 0.3 is 0 Å². The molecule has 1 aliphatic rings. The second-order valence-electron chi connectivity index (χ2n) is 5.93. The normalized spacial score (nSPS) is 17.4. The molecule has 0 aliphatic carbocycles. The number of piperidine rings is 1. The lowest BCUT2D eigenvalue weighted by atomic mass is 9.88. The topological polar surface area (TPSA) is 78.4 Å². The number of carbonyl (C=O) groups is 1. The summed E-state index contributed by atoms with van der Waals surface area (Å²) in [6.07, 6.45) is 4.28. The van der Waals surface area contributed by atoms with Crippen molar-refractivity contribution in [2.45, 2.75) is 18.4 Å². The van der Waals surface area contributed by atoms with Crippen molar-refractivity contribution in [3.05, 3.63) is 53.4 Å². The van der Waals surface area contributed by atoms with Crippen LogP contribution in [-0.4, -0.2) is 45.5 Å². The van der Waals surface area contributed by atoms with Crippen LogP contribution in [0.2, 0.25) is 5.02 Å². The van der Waals surface area contributed by atoms with E-state index in [0.29, 0.717) is 42.5 Å². The fraction of sp³-hybridized carbons (Fsp3) is 0.353. The molecule has 3 heterocycles. The molecule has 0 bridgehead atoms. The van der Waals surface area contributed by atoms with E-state index >= 15 is 0 Å². The molecule has 0 saturated carbocycles. The molecular weight excluding hydrogens is 328 g/mol. The minimum atomic E-state index is -0.911. The number of amides is 1. The van der Waals surface area contributed by atoms with Crippen molar-refractivity contribution in [2.24, 2.45) is 0 Å². The highest BCUT2D eigenvalue weighted by atomic mass is 35.5. The van der Waals surface area contributed by atoms with E-state index in [9.17, 15) is 9.90 Å². The number of pyridine rings is 2. The lowest BCUT2D eigenvalue weighted by Crippen LogP contribution is -2.45. The Hall–Kier alpha value is -2.02. The summed E-state index contributed by atoms with van der Waals surface area (Å²) in [7, 11) is 0. The molecular formula is C17H19ClN4O2. The number of carbonyl (C=O) groups excluding carboxylic acids is 1. The van der Waals surface area contributed by atoms with Crippen LogP contribution in [0.15, 0.2) is 42.7 Å². The highest BCUT2D eigenvalue weighted by Gasteiger charge is 2.35. The van der Waals surface area contributed by atoms with Gasteiger partial charge in [0, 0.05) is 25.5 Å². The van der Waals surface area contributed by atoms with Crippen molar-refractivity contribution in [1.82, 2.24) is 14.9 Å². The van der Waals surface area contributed by atoms with Crippen LogP contribution in [0.5, 0.6) is 0 Å². The average molecular weight is 347 g/mol. The fourth-order valence-electron chi connectivity index (χ4n) is 2.81. The van der Waals surface area contributed by atoms with Crippen LogP contribution in [0.3, 0.4) is 0 Å². The maximum Gasteiger partial charge on any atom is 0.239 e. The molecule has 24 heavy (non-hydrogen) atoms. The Kier molecular flexibility index (Phi) is 5.08. The van der Waals surface area contributed by atoms with Crippen molar-refractivity contribution in [3.63, 3.8) is 0 Å². The van der Waals surface area contributed by atoms with Crippen molar-refractivity contribution in [1.29, 1.82) is 0 Å². The molecule has 126 valence electrons. The van der Waals surface area contributed by atoms with Crippen molar-refractivity contribution in [3.8, 4) is 0 Å². The summed E-state index contributed by atoms with van der Waals surface area (Å²) in [5.74, 6) is 0.347. The number of nitrogens with one attached hydrogen (secondary N) is 1. The molecule has 7 heteroatoms. The van der Waals surface area contributed by atoms with Gasteiger partial charge < -0.3 is 10.4 Å². The Balaban J connectivity index is 1.52. The van der Waals surface area contributed by atoms with Crippen LogP contribution in [0.1, 0.15) is 18.5 Å². The summed E-state index contributed by atoms with van der Waals surface area (Å²) in [6.45, 7) is 1.53. The van der Waals surface area contributed by atoms with Gasteiger partial charge in [-0.2, -0.15) is 0 Å². The molecule has 1 amide bonds. The SMILES string of the molecule is O=C(CN1CCC(O)(c2ccccn2)CC1)Nc1ccc(Cl)cn1. The Morgan fingerprint density at radius 2 is 2.04 bits per heavy atom. The number of hydrogen-bond donors (Lipinski definition) is 2. The number of anilines is 1. The van der Waals surface area contributed by atoms with Crippen LogP contribution in [-0.2, 0) is 10.4 Å². The maximum absolute atomic E-state index is 12.1. The Labute approximate surface area is 145 Å². The molecule has 1 aliphatic heterocycles. The van der Waals surface area contributed by atoms with Gasteiger partial charge in [-0.05, 0) is 37.1 Å². The molecule has 2 aromatic rings. The number of likely N-dealkylation sites (tertiary alicyclic amines) is 1. The molecule has 2 aromatic heterocycles. The number of aliphatic hydroxyl groups is 1. The molecule has 0 aromatic carbocycles. The summed E-state index contributed by atoms with van der Waals surface area (Å²) in [4.78, 5) is 22.4. The van der Waals surface area contributed by atoms with Crippen molar-refractivity contribution >= 4 is 23.3 Å². The molecule has 0 atom stereocenters. The first-order valence-corrected chi connectivity index (χ1v) is 8.21. The molecule has 0 unspecified atom stereocenters. The summed E-state index contributed by atoms with van der Waals surface area (Å²) < 4.78 is 0. The van der Waals surface area contributed by atoms with Crippen LogP contribution < -0.4 is 5.32 Å². The van der Waals surface area contributed by atoms with Gasteiger partial charge in [0.25, 0.3) is 0 Å².